The number of nitrogens with one attached hydrogen (secondary N) is 1. The third-order valence-corrected chi connectivity index (χ3v) is 6.22. The number of nitrogens with two attached hydrogens (primary N) is 1. The second-order valence-corrected chi connectivity index (χ2v) is 9.25. The lowest BCUT2D eigenvalue weighted by Crippen LogP contribution is -2.48. The maximum atomic E-state index is 12.5. The molecule has 1 saturated heterocycles. The van der Waals surface area contributed by atoms with E-state index < -0.39 is 16.1 Å². The highest BCUT2D eigenvalue weighted by Gasteiger charge is 2.28. The third kappa shape index (κ3) is 4.34. The van der Waals surface area contributed by atoms with Crippen LogP contribution in [0, 0.1) is 5.41 Å². The zero-order valence-electron chi connectivity index (χ0n) is 14.6. The smallest absolute Gasteiger partial charge is 0.243 e. The van der Waals surface area contributed by atoms with Gasteiger partial charge in [-0.05, 0) is 36.0 Å². The summed E-state index contributed by atoms with van der Waals surface area (Å²) in [5.41, 5.74) is 6.44. The molecule has 1 aromatic rings. The van der Waals surface area contributed by atoms with Crippen molar-refractivity contribution in [1.29, 1.82) is 0 Å². The van der Waals surface area contributed by atoms with Crippen molar-refractivity contribution in [2.24, 2.45) is 11.1 Å². The number of hydrogen-bond acceptors (Lipinski definition) is 4. The van der Waals surface area contributed by atoms with Crippen LogP contribution in [0.15, 0.2) is 29.2 Å². The Balaban J connectivity index is 1.99. The van der Waals surface area contributed by atoms with Crippen LogP contribution in [0.25, 0.3) is 0 Å². The quantitative estimate of drug-likeness (QED) is 0.838. The molecule has 1 atom stereocenters. The Morgan fingerprint density at radius 3 is 2.25 bits per heavy atom. The number of rotatable bonds is 5. The third-order valence-electron chi connectivity index (χ3n) is 4.31. The minimum Gasteiger partial charge on any atom is -0.351 e. The van der Waals surface area contributed by atoms with Crippen molar-refractivity contribution < 1.29 is 13.2 Å². The molecule has 0 aliphatic carbocycles. The number of benzene rings is 1. The molecule has 2 rings (SSSR count). The molecule has 0 aromatic heterocycles. The molecule has 7 heteroatoms. The van der Waals surface area contributed by atoms with Gasteiger partial charge in [0.15, 0.2) is 0 Å². The molecular formula is C17H27N3O3S. The van der Waals surface area contributed by atoms with E-state index in [1.165, 1.54) is 4.31 Å². The summed E-state index contributed by atoms with van der Waals surface area (Å²) in [6.45, 7) is 7.24. The molecule has 0 radical (unpaired) electrons. The molecule has 6 nitrogen and oxygen atoms in total. The minimum absolute atomic E-state index is 0.212. The van der Waals surface area contributed by atoms with Gasteiger partial charge in [-0.1, -0.05) is 32.9 Å². The van der Waals surface area contributed by atoms with Crippen LogP contribution in [0.1, 0.15) is 39.2 Å². The molecule has 0 saturated carbocycles. The van der Waals surface area contributed by atoms with Gasteiger partial charge in [-0.2, -0.15) is 4.31 Å². The van der Waals surface area contributed by atoms with Crippen LogP contribution in [-0.2, 0) is 21.4 Å². The van der Waals surface area contributed by atoms with Gasteiger partial charge < -0.3 is 11.1 Å². The largest absolute Gasteiger partial charge is 0.351 e. The molecule has 1 aliphatic rings. The number of nitrogens with zero attached hydrogens (tertiary/aromatic N) is 1. The molecule has 1 heterocycles. The van der Waals surface area contributed by atoms with Crippen molar-refractivity contribution in [2.45, 2.75) is 51.1 Å². The second-order valence-electron chi connectivity index (χ2n) is 7.32. The molecule has 1 fully saturated rings. The van der Waals surface area contributed by atoms with Gasteiger partial charge in [0.2, 0.25) is 15.9 Å². The summed E-state index contributed by atoms with van der Waals surface area (Å²) in [5, 5.41) is 2.79. The lowest BCUT2D eigenvalue weighted by Gasteiger charge is -2.25. The molecule has 134 valence electrons. The van der Waals surface area contributed by atoms with E-state index in [0.717, 1.165) is 18.4 Å². The van der Waals surface area contributed by atoms with Gasteiger partial charge in [0.1, 0.15) is 0 Å². The fraction of sp³-hybridized carbons (Fsp3) is 0.588. The summed E-state index contributed by atoms with van der Waals surface area (Å²) in [5.74, 6) is -0.212. The predicted molar refractivity (Wildman–Crippen MR) is 93.7 cm³/mol. The Morgan fingerprint density at radius 2 is 1.75 bits per heavy atom. The van der Waals surface area contributed by atoms with Crippen LogP contribution < -0.4 is 11.1 Å². The van der Waals surface area contributed by atoms with E-state index in [9.17, 15) is 13.2 Å². The SMILES string of the molecule is CC(C)(C)[C@H](N)C(=O)NCc1ccc(S(=O)(=O)N2CCCC2)cc1. The van der Waals surface area contributed by atoms with E-state index in [1.54, 1.807) is 24.3 Å². The van der Waals surface area contributed by atoms with Gasteiger partial charge in [-0.15, -0.1) is 0 Å². The first-order valence-electron chi connectivity index (χ1n) is 8.25. The van der Waals surface area contributed by atoms with Crippen LogP contribution in [0.4, 0.5) is 0 Å². The van der Waals surface area contributed by atoms with E-state index in [2.05, 4.69) is 5.32 Å². The van der Waals surface area contributed by atoms with E-state index in [-0.39, 0.29) is 11.3 Å². The Morgan fingerprint density at radius 1 is 1.21 bits per heavy atom. The Hall–Kier alpha value is -1.44. The molecular weight excluding hydrogens is 326 g/mol. The van der Waals surface area contributed by atoms with E-state index in [0.29, 0.717) is 24.5 Å². The van der Waals surface area contributed by atoms with Crippen LogP contribution in [0.5, 0.6) is 0 Å². The van der Waals surface area contributed by atoms with Gasteiger partial charge in [0, 0.05) is 19.6 Å². The number of carbonyl (C=O) groups excluding carboxylic acids is 1. The summed E-state index contributed by atoms with van der Waals surface area (Å²) >= 11 is 0. The number of sulfonamides is 1. The van der Waals surface area contributed by atoms with Gasteiger partial charge in [0.25, 0.3) is 0 Å². The van der Waals surface area contributed by atoms with Crippen molar-refractivity contribution in [2.75, 3.05) is 13.1 Å². The number of carbonyl (C=O) groups is 1. The Bertz CT molecular complexity index is 672. The zero-order chi connectivity index (χ0) is 18.0. The van der Waals surface area contributed by atoms with Crippen molar-refractivity contribution in [3.8, 4) is 0 Å². The minimum atomic E-state index is -3.39. The van der Waals surface area contributed by atoms with Crippen molar-refractivity contribution in [3.05, 3.63) is 29.8 Å². The summed E-state index contributed by atoms with van der Waals surface area (Å²) < 4.78 is 26.4. The highest BCUT2D eigenvalue weighted by Crippen LogP contribution is 2.21. The molecule has 0 unspecified atom stereocenters. The van der Waals surface area contributed by atoms with Crippen molar-refractivity contribution in [3.63, 3.8) is 0 Å². The Labute approximate surface area is 144 Å². The summed E-state index contributed by atoms with van der Waals surface area (Å²) in [6, 6.07) is 6.06. The fourth-order valence-corrected chi connectivity index (χ4v) is 4.07. The average molecular weight is 353 g/mol. The first-order chi connectivity index (χ1) is 11.1. The lowest BCUT2D eigenvalue weighted by atomic mass is 9.87. The van der Waals surface area contributed by atoms with Gasteiger partial charge >= 0.3 is 0 Å². The van der Waals surface area contributed by atoms with E-state index in [1.807, 2.05) is 20.8 Å². The molecule has 1 aromatic carbocycles. The van der Waals surface area contributed by atoms with Gasteiger partial charge in [-0.3, -0.25) is 4.79 Å². The summed E-state index contributed by atoms with van der Waals surface area (Å²) in [4.78, 5) is 12.3. The maximum absolute atomic E-state index is 12.5. The highest BCUT2D eigenvalue weighted by molar-refractivity contribution is 7.89. The zero-order valence-corrected chi connectivity index (χ0v) is 15.4. The normalized spacial score (nSPS) is 17.7. The fourth-order valence-electron chi connectivity index (χ4n) is 2.55. The van der Waals surface area contributed by atoms with Crippen LogP contribution in [0.2, 0.25) is 0 Å². The average Bonchev–Trinajstić information content (AvgIpc) is 3.06. The monoisotopic (exact) mass is 353 g/mol. The highest BCUT2D eigenvalue weighted by atomic mass is 32.2. The topological polar surface area (TPSA) is 92.5 Å². The van der Waals surface area contributed by atoms with E-state index in [4.69, 9.17) is 5.73 Å². The number of amides is 1. The lowest BCUT2D eigenvalue weighted by molar-refractivity contribution is -0.124. The van der Waals surface area contributed by atoms with Crippen molar-refractivity contribution in [1.82, 2.24) is 9.62 Å². The van der Waals surface area contributed by atoms with Crippen LogP contribution >= 0.6 is 0 Å². The van der Waals surface area contributed by atoms with Crippen LogP contribution in [0.3, 0.4) is 0 Å². The molecule has 1 amide bonds. The molecule has 24 heavy (non-hydrogen) atoms. The number of hydrogen-bond donors (Lipinski definition) is 2. The summed E-state index contributed by atoms with van der Waals surface area (Å²) in [6.07, 6.45) is 1.83. The summed E-state index contributed by atoms with van der Waals surface area (Å²) in [7, 11) is -3.39. The Kier molecular flexibility index (Phi) is 5.67. The predicted octanol–water partition coefficient (Wildman–Crippen LogP) is 1.46. The first-order valence-corrected chi connectivity index (χ1v) is 9.69. The molecule has 0 bridgehead atoms. The molecule has 3 N–H and O–H groups in total. The van der Waals surface area contributed by atoms with Crippen LogP contribution in [-0.4, -0.2) is 37.8 Å². The molecule has 0 spiro atoms. The van der Waals surface area contributed by atoms with E-state index >= 15 is 0 Å². The standard InChI is InChI=1S/C17H27N3O3S/c1-17(2,3)15(18)16(21)19-12-13-6-8-14(9-7-13)24(22,23)20-10-4-5-11-20/h6-9,15H,4-5,10-12,18H2,1-3H3,(H,19,21)/t15-/m1/s1. The van der Waals surface area contributed by atoms with Gasteiger partial charge in [-0.25, -0.2) is 8.42 Å². The molecule has 1 aliphatic heterocycles. The van der Waals surface area contributed by atoms with Crippen molar-refractivity contribution >= 4 is 15.9 Å². The second kappa shape index (κ2) is 7.21. The maximum Gasteiger partial charge on any atom is 0.243 e. The van der Waals surface area contributed by atoms with Gasteiger partial charge in [0.05, 0.1) is 10.9 Å². The first kappa shape index (κ1) is 18.9.